The van der Waals surface area contributed by atoms with Gasteiger partial charge in [0.25, 0.3) is 0 Å². The van der Waals surface area contributed by atoms with Crippen LogP contribution in [0.15, 0.2) is 11.8 Å². The SMILES string of the molecule is CCC(/C=C(/C)[N+](=O)[O-])OC. The zero-order valence-electron chi connectivity index (χ0n) is 7.03. The molecule has 0 aliphatic carbocycles. The highest BCUT2D eigenvalue weighted by atomic mass is 16.6. The monoisotopic (exact) mass is 159 g/mol. The van der Waals surface area contributed by atoms with Gasteiger partial charge in [-0.3, -0.25) is 10.1 Å². The van der Waals surface area contributed by atoms with Crippen molar-refractivity contribution in [2.45, 2.75) is 26.4 Å². The molecule has 0 aromatic rings. The van der Waals surface area contributed by atoms with Gasteiger partial charge < -0.3 is 4.74 Å². The predicted octanol–water partition coefficient (Wildman–Crippen LogP) is 1.59. The molecule has 0 heterocycles. The van der Waals surface area contributed by atoms with Crippen LogP contribution < -0.4 is 0 Å². The fraction of sp³-hybridized carbons (Fsp3) is 0.714. The third-order valence-corrected chi connectivity index (χ3v) is 1.42. The molecule has 0 saturated carbocycles. The van der Waals surface area contributed by atoms with Gasteiger partial charge in [0.1, 0.15) is 0 Å². The van der Waals surface area contributed by atoms with Crippen LogP contribution in [0.3, 0.4) is 0 Å². The molecular weight excluding hydrogens is 146 g/mol. The Hall–Kier alpha value is -0.900. The smallest absolute Gasteiger partial charge is 0.241 e. The summed E-state index contributed by atoms with van der Waals surface area (Å²) in [7, 11) is 1.54. The number of ether oxygens (including phenoxy) is 1. The minimum atomic E-state index is -0.415. The topological polar surface area (TPSA) is 52.4 Å². The van der Waals surface area contributed by atoms with Crippen LogP contribution in [0.25, 0.3) is 0 Å². The van der Waals surface area contributed by atoms with Gasteiger partial charge in [-0.2, -0.15) is 0 Å². The number of rotatable bonds is 4. The molecule has 4 heteroatoms. The van der Waals surface area contributed by atoms with Crippen molar-refractivity contribution in [3.8, 4) is 0 Å². The van der Waals surface area contributed by atoms with Gasteiger partial charge in [-0.05, 0) is 6.42 Å². The van der Waals surface area contributed by atoms with Gasteiger partial charge >= 0.3 is 0 Å². The summed E-state index contributed by atoms with van der Waals surface area (Å²) in [6.45, 7) is 3.37. The molecule has 0 radical (unpaired) electrons. The Morgan fingerprint density at radius 1 is 1.82 bits per heavy atom. The number of nitro groups is 1. The summed E-state index contributed by atoms with van der Waals surface area (Å²) in [6.07, 6.45) is 2.13. The first kappa shape index (κ1) is 10.1. The van der Waals surface area contributed by atoms with E-state index in [9.17, 15) is 10.1 Å². The van der Waals surface area contributed by atoms with Gasteiger partial charge in [0.15, 0.2) is 0 Å². The second-order valence-electron chi connectivity index (χ2n) is 2.25. The summed E-state index contributed by atoms with van der Waals surface area (Å²) in [5, 5.41) is 10.1. The summed E-state index contributed by atoms with van der Waals surface area (Å²) in [5.74, 6) is 0. The van der Waals surface area contributed by atoms with Gasteiger partial charge in [-0.1, -0.05) is 6.92 Å². The Labute approximate surface area is 66.0 Å². The number of allylic oxidation sites excluding steroid dienone is 1. The summed E-state index contributed by atoms with van der Waals surface area (Å²) in [5.41, 5.74) is 0.138. The maximum absolute atomic E-state index is 10.1. The van der Waals surface area contributed by atoms with E-state index < -0.39 is 4.92 Å². The van der Waals surface area contributed by atoms with Crippen molar-refractivity contribution >= 4 is 0 Å². The van der Waals surface area contributed by atoms with Crippen molar-refractivity contribution in [2.75, 3.05) is 7.11 Å². The fourth-order valence-corrected chi connectivity index (χ4v) is 0.682. The first-order chi connectivity index (χ1) is 5.11. The molecule has 1 atom stereocenters. The highest BCUT2D eigenvalue weighted by Crippen LogP contribution is 2.02. The quantitative estimate of drug-likeness (QED) is 0.462. The Kier molecular flexibility index (Phi) is 4.45. The maximum atomic E-state index is 10.1. The van der Waals surface area contributed by atoms with E-state index in [2.05, 4.69) is 0 Å². The molecule has 11 heavy (non-hydrogen) atoms. The molecule has 0 aliphatic rings. The van der Waals surface area contributed by atoms with Crippen LogP contribution in [0, 0.1) is 10.1 Å². The summed E-state index contributed by atoms with van der Waals surface area (Å²) >= 11 is 0. The van der Waals surface area contributed by atoms with Crippen LogP contribution >= 0.6 is 0 Å². The van der Waals surface area contributed by atoms with E-state index in [4.69, 9.17) is 4.74 Å². The molecule has 64 valence electrons. The van der Waals surface area contributed by atoms with Crippen molar-refractivity contribution < 1.29 is 9.66 Å². The summed E-state index contributed by atoms with van der Waals surface area (Å²) in [6, 6.07) is 0. The number of hydrogen-bond donors (Lipinski definition) is 0. The third-order valence-electron chi connectivity index (χ3n) is 1.42. The minimum absolute atomic E-state index is 0.138. The minimum Gasteiger partial charge on any atom is -0.377 e. The first-order valence-electron chi connectivity index (χ1n) is 3.47. The van der Waals surface area contributed by atoms with E-state index in [1.165, 1.54) is 20.1 Å². The Bertz CT molecular complexity index is 161. The van der Waals surface area contributed by atoms with E-state index in [0.717, 1.165) is 6.42 Å². The Morgan fingerprint density at radius 3 is 2.64 bits per heavy atom. The molecule has 0 fully saturated rings. The lowest BCUT2D eigenvalue weighted by Gasteiger charge is -2.05. The van der Waals surface area contributed by atoms with Crippen molar-refractivity contribution in [1.82, 2.24) is 0 Å². The van der Waals surface area contributed by atoms with Gasteiger partial charge in [-0.25, -0.2) is 0 Å². The largest absolute Gasteiger partial charge is 0.377 e. The zero-order chi connectivity index (χ0) is 8.85. The summed E-state index contributed by atoms with van der Waals surface area (Å²) < 4.78 is 4.94. The molecule has 0 N–H and O–H groups in total. The molecule has 1 unspecified atom stereocenters. The van der Waals surface area contributed by atoms with Crippen LogP contribution in [-0.2, 0) is 4.74 Å². The molecule has 0 bridgehead atoms. The van der Waals surface area contributed by atoms with E-state index >= 15 is 0 Å². The van der Waals surface area contributed by atoms with E-state index in [1.807, 2.05) is 6.92 Å². The average Bonchev–Trinajstić information content (AvgIpc) is 1.99. The standard InChI is InChI=1S/C7H13NO3/c1-4-7(11-3)5-6(2)8(9)10/h5,7H,4H2,1-3H3/b6-5-. The predicted molar refractivity (Wildman–Crippen MR) is 41.8 cm³/mol. The van der Waals surface area contributed by atoms with E-state index in [0.29, 0.717) is 0 Å². The number of methoxy groups -OCH3 is 1. The Balaban J connectivity index is 4.14. The molecule has 0 aromatic carbocycles. The normalized spacial score (nSPS) is 14.6. The number of nitrogens with zero attached hydrogens (tertiary/aromatic N) is 1. The van der Waals surface area contributed by atoms with Crippen LogP contribution in [0.5, 0.6) is 0 Å². The molecule has 0 amide bonds. The van der Waals surface area contributed by atoms with E-state index in [1.54, 1.807) is 0 Å². The van der Waals surface area contributed by atoms with E-state index in [-0.39, 0.29) is 11.8 Å². The maximum Gasteiger partial charge on any atom is 0.241 e. The highest BCUT2D eigenvalue weighted by molar-refractivity contribution is 4.92. The van der Waals surface area contributed by atoms with Crippen molar-refractivity contribution in [1.29, 1.82) is 0 Å². The van der Waals surface area contributed by atoms with Crippen LogP contribution in [-0.4, -0.2) is 18.1 Å². The van der Waals surface area contributed by atoms with Crippen molar-refractivity contribution in [2.24, 2.45) is 0 Å². The molecule has 0 aromatic heterocycles. The van der Waals surface area contributed by atoms with Crippen molar-refractivity contribution in [3.63, 3.8) is 0 Å². The lowest BCUT2D eigenvalue weighted by Crippen LogP contribution is -2.07. The zero-order valence-corrected chi connectivity index (χ0v) is 7.03. The van der Waals surface area contributed by atoms with Crippen LogP contribution in [0.2, 0.25) is 0 Å². The fourth-order valence-electron chi connectivity index (χ4n) is 0.682. The van der Waals surface area contributed by atoms with Crippen LogP contribution in [0.1, 0.15) is 20.3 Å². The molecular formula is C7H13NO3. The van der Waals surface area contributed by atoms with Gasteiger partial charge in [0.05, 0.1) is 11.0 Å². The second-order valence-corrected chi connectivity index (χ2v) is 2.25. The van der Waals surface area contributed by atoms with Gasteiger partial charge in [0.2, 0.25) is 5.70 Å². The third kappa shape index (κ3) is 3.72. The highest BCUT2D eigenvalue weighted by Gasteiger charge is 2.06. The molecule has 0 saturated heterocycles. The Morgan fingerprint density at radius 2 is 2.36 bits per heavy atom. The lowest BCUT2D eigenvalue weighted by atomic mass is 10.2. The number of hydrogen-bond acceptors (Lipinski definition) is 3. The molecule has 0 spiro atoms. The van der Waals surface area contributed by atoms with Gasteiger partial charge in [0, 0.05) is 20.1 Å². The second kappa shape index (κ2) is 4.85. The van der Waals surface area contributed by atoms with Gasteiger partial charge in [-0.15, -0.1) is 0 Å². The van der Waals surface area contributed by atoms with Crippen LogP contribution in [0.4, 0.5) is 0 Å². The average molecular weight is 159 g/mol. The lowest BCUT2D eigenvalue weighted by molar-refractivity contribution is -0.425. The summed E-state index contributed by atoms with van der Waals surface area (Å²) in [4.78, 5) is 9.73. The van der Waals surface area contributed by atoms with Crippen molar-refractivity contribution in [3.05, 3.63) is 21.9 Å². The first-order valence-corrected chi connectivity index (χ1v) is 3.47. The molecule has 0 rings (SSSR count). The molecule has 4 nitrogen and oxygen atoms in total. The molecule has 0 aliphatic heterocycles.